The van der Waals surface area contributed by atoms with Gasteiger partial charge < -0.3 is 25.3 Å². The minimum absolute atomic E-state index is 0. The largest absolute Gasteiger partial charge is 2.00 e. The van der Waals surface area contributed by atoms with Gasteiger partial charge in [-0.05, 0) is 22.5 Å². The van der Waals surface area contributed by atoms with Gasteiger partial charge in [-0.15, -0.1) is 0 Å². The molecule has 7 nitrogen and oxygen atoms in total. The van der Waals surface area contributed by atoms with Crippen molar-refractivity contribution < 1.29 is 17.1 Å². The van der Waals surface area contributed by atoms with Crippen LogP contribution in [0.2, 0.25) is 0 Å². The van der Waals surface area contributed by atoms with E-state index >= 15 is 0 Å². The summed E-state index contributed by atoms with van der Waals surface area (Å²) in [5.74, 6) is 0. The standard InChI is InChI=1S/C11H15N7S2.Cu/c1-12-10(19)17-15-7-9(16-18-11(20)13-2)8-4-3-5-14-6-8;/h3-7H,1-2H3,(H2,12,17,19)(H2,13,18,20);/q;+2/p-2/b15-7+,16-9-;. The molecule has 0 fully saturated rings. The van der Waals surface area contributed by atoms with E-state index in [2.05, 4.69) is 36.0 Å². The molecule has 0 amide bonds. The van der Waals surface area contributed by atoms with Crippen molar-refractivity contribution in [1.82, 2.24) is 15.8 Å². The van der Waals surface area contributed by atoms with Crippen molar-refractivity contribution in [3.05, 3.63) is 30.1 Å². The number of aliphatic imine (C=N–C) groups is 2. The number of nitrogens with one attached hydrogen (secondary N) is 2. The van der Waals surface area contributed by atoms with E-state index in [1.54, 1.807) is 32.6 Å². The van der Waals surface area contributed by atoms with Crippen LogP contribution in [0.1, 0.15) is 5.56 Å². The van der Waals surface area contributed by atoms with E-state index < -0.39 is 0 Å². The first kappa shape index (κ1) is 19.4. The summed E-state index contributed by atoms with van der Waals surface area (Å²) in [6.45, 7) is 0. The van der Waals surface area contributed by atoms with Crippen molar-refractivity contribution in [1.29, 1.82) is 0 Å². The van der Waals surface area contributed by atoms with Crippen LogP contribution >= 0.6 is 0 Å². The molecule has 1 radical (unpaired) electrons. The fourth-order valence-corrected chi connectivity index (χ4v) is 1.14. The van der Waals surface area contributed by atoms with E-state index in [9.17, 15) is 0 Å². The molecular formula is C11H13CuN7S2. The average Bonchev–Trinajstić information content (AvgIpc) is 2.50. The van der Waals surface area contributed by atoms with Crippen LogP contribution in [0.25, 0.3) is 0 Å². The van der Waals surface area contributed by atoms with Gasteiger partial charge in [0, 0.05) is 32.1 Å². The number of aromatic nitrogens is 1. The Morgan fingerprint density at radius 2 is 1.86 bits per heavy atom. The summed E-state index contributed by atoms with van der Waals surface area (Å²) in [4.78, 5) is 11.5. The van der Waals surface area contributed by atoms with Gasteiger partial charge in [-0.25, -0.2) is 0 Å². The van der Waals surface area contributed by atoms with Crippen molar-refractivity contribution in [2.75, 3.05) is 14.1 Å². The molecular weight excluding hydrogens is 358 g/mol. The third kappa shape index (κ3) is 7.66. The number of hydrogen-bond donors (Lipinski definition) is 2. The molecule has 2 N–H and O–H groups in total. The third-order valence-electron chi connectivity index (χ3n) is 1.98. The van der Waals surface area contributed by atoms with Crippen molar-refractivity contribution in [3.8, 4) is 0 Å². The first-order valence-electron chi connectivity index (χ1n) is 5.48. The molecule has 0 saturated carbocycles. The van der Waals surface area contributed by atoms with Crippen molar-refractivity contribution >= 4 is 47.5 Å². The van der Waals surface area contributed by atoms with Crippen LogP contribution in [-0.4, -0.2) is 41.3 Å². The Morgan fingerprint density at radius 3 is 2.43 bits per heavy atom. The van der Waals surface area contributed by atoms with Gasteiger partial charge in [0.2, 0.25) is 0 Å². The Morgan fingerprint density at radius 1 is 1.19 bits per heavy atom. The number of hydrogen-bond acceptors (Lipinski definition) is 7. The Bertz CT molecular complexity index is 543. The molecule has 10 heteroatoms. The molecule has 1 rings (SSSR count). The molecule has 0 aliphatic carbocycles. The van der Waals surface area contributed by atoms with Crippen LogP contribution < -0.4 is 10.9 Å². The second kappa shape index (κ2) is 11.1. The summed E-state index contributed by atoms with van der Waals surface area (Å²) in [6, 6.07) is 3.63. The zero-order chi connectivity index (χ0) is 14.8. The van der Waals surface area contributed by atoms with Crippen LogP contribution in [0.15, 0.2) is 44.7 Å². The van der Waals surface area contributed by atoms with Gasteiger partial charge in [0.15, 0.2) is 0 Å². The van der Waals surface area contributed by atoms with Gasteiger partial charge in [-0.1, -0.05) is 0 Å². The zero-order valence-corrected chi connectivity index (χ0v) is 13.8. The van der Waals surface area contributed by atoms with Crippen LogP contribution in [0.4, 0.5) is 0 Å². The minimum Gasteiger partial charge on any atom is -0.741 e. The van der Waals surface area contributed by atoms with Gasteiger partial charge in [0.05, 0.1) is 6.21 Å². The summed E-state index contributed by atoms with van der Waals surface area (Å²) in [5, 5.41) is 8.60. The van der Waals surface area contributed by atoms with Gasteiger partial charge >= 0.3 is 17.1 Å². The molecule has 0 aliphatic rings. The molecule has 0 saturated heterocycles. The van der Waals surface area contributed by atoms with E-state index in [0.29, 0.717) is 5.71 Å². The minimum atomic E-state index is 0. The molecule has 0 bridgehead atoms. The number of amidine groups is 2. The maximum Gasteiger partial charge on any atom is 2.00 e. The first-order valence-corrected chi connectivity index (χ1v) is 6.29. The predicted molar refractivity (Wildman–Crippen MR) is 87.0 cm³/mol. The summed E-state index contributed by atoms with van der Waals surface area (Å²) in [5.41, 5.74) is 6.51. The van der Waals surface area contributed by atoms with Crippen molar-refractivity contribution in [3.63, 3.8) is 0 Å². The van der Waals surface area contributed by atoms with E-state index in [0.717, 1.165) is 5.56 Å². The number of rotatable bonds is 4. The molecule has 1 aromatic rings. The quantitative estimate of drug-likeness (QED) is 0.256. The monoisotopic (exact) mass is 370 g/mol. The number of pyridine rings is 1. The third-order valence-corrected chi connectivity index (χ3v) is 2.53. The summed E-state index contributed by atoms with van der Waals surface area (Å²) >= 11 is 9.75. The molecule has 0 spiro atoms. The van der Waals surface area contributed by atoms with Gasteiger partial charge in [-0.3, -0.25) is 25.8 Å². The van der Waals surface area contributed by atoms with E-state index in [4.69, 9.17) is 25.3 Å². The Hall–Kier alpha value is -1.61. The topological polar surface area (TPSA) is 86.4 Å². The SMILES string of the molecule is CN=C([S-])N/N=C/C(=N/NC([S-])=NC)c1cccnc1.[Cu+2]. The number of hydrazone groups is 2. The van der Waals surface area contributed by atoms with Crippen LogP contribution in [0, 0.1) is 0 Å². The summed E-state index contributed by atoms with van der Waals surface area (Å²) in [6.07, 6.45) is 4.81. The van der Waals surface area contributed by atoms with Gasteiger partial charge in [0.25, 0.3) is 0 Å². The maximum absolute atomic E-state index is 4.90. The van der Waals surface area contributed by atoms with E-state index in [1.165, 1.54) is 6.21 Å². The van der Waals surface area contributed by atoms with E-state index in [-0.39, 0.29) is 27.4 Å². The molecule has 0 unspecified atom stereocenters. The normalized spacial score (nSPS) is 13.0. The Kier molecular flexibility index (Phi) is 10.2. The second-order valence-electron chi connectivity index (χ2n) is 3.28. The molecule has 1 heterocycles. The fourth-order valence-electron chi connectivity index (χ4n) is 1.04. The second-order valence-corrected chi connectivity index (χ2v) is 4.05. The van der Waals surface area contributed by atoms with Crippen LogP contribution in [-0.2, 0) is 42.3 Å². The number of nitrogens with zero attached hydrogens (tertiary/aromatic N) is 5. The van der Waals surface area contributed by atoms with E-state index in [1.807, 2.05) is 6.07 Å². The van der Waals surface area contributed by atoms with Gasteiger partial charge in [-0.2, -0.15) is 10.2 Å². The average molecular weight is 371 g/mol. The molecule has 21 heavy (non-hydrogen) atoms. The van der Waals surface area contributed by atoms with Crippen molar-refractivity contribution in [2.45, 2.75) is 0 Å². The Labute approximate surface area is 144 Å². The van der Waals surface area contributed by atoms with Crippen LogP contribution in [0.3, 0.4) is 0 Å². The maximum atomic E-state index is 4.90. The Balaban J connectivity index is 0.00000400. The fraction of sp³-hybridized carbons (Fsp3) is 0.182. The molecule has 115 valence electrons. The summed E-state index contributed by atoms with van der Waals surface area (Å²) in [7, 11) is 3.15. The van der Waals surface area contributed by atoms with Crippen LogP contribution in [0.5, 0.6) is 0 Å². The smallest absolute Gasteiger partial charge is 0.741 e. The first-order chi connectivity index (χ1) is 9.67. The molecule has 1 aromatic heterocycles. The van der Waals surface area contributed by atoms with Gasteiger partial charge in [0.1, 0.15) is 5.71 Å². The molecule has 0 atom stereocenters. The molecule has 0 aliphatic heterocycles. The molecule has 0 aromatic carbocycles. The zero-order valence-electron chi connectivity index (χ0n) is 11.2. The summed E-state index contributed by atoms with van der Waals surface area (Å²) < 4.78 is 0. The van der Waals surface area contributed by atoms with Crippen molar-refractivity contribution in [2.24, 2.45) is 20.2 Å². The predicted octanol–water partition coefficient (Wildman–Crippen LogP) is 0.0136.